The van der Waals surface area contributed by atoms with E-state index in [4.69, 9.17) is 0 Å². The van der Waals surface area contributed by atoms with Gasteiger partial charge in [-0.15, -0.1) is 0 Å². The van der Waals surface area contributed by atoms with Crippen LogP contribution in [0.15, 0.2) is 77.9 Å². The molecule has 0 aliphatic carbocycles. The molecule has 3 aromatic carbocycles. The third-order valence-corrected chi connectivity index (χ3v) is 5.41. The zero-order valence-corrected chi connectivity index (χ0v) is 17.7. The highest BCUT2D eigenvalue weighted by Gasteiger charge is 2.36. The first kappa shape index (κ1) is 22.3. The molecular weight excluding hydrogens is 431 g/mol. The maximum atomic E-state index is 14.6. The summed E-state index contributed by atoms with van der Waals surface area (Å²) < 4.78 is 42.4. The van der Waals surface area contributed by atoms with E-state index in [-0.39, 0.29) is 29.7 Å². The molecule has 2 amide bonds. The fourth-order valence-corrected chi connectivity index (χ4v) is 3.77. The lowest BCUT2D eigenvalue weighted by molar-refractivity contribution is -0.133. The Labute approximate surface area is 188 Å². The van der Waals surface area contributed by atoms with Crippen molar-refractivity contribution in [2.24, 2.45) is 5.10 Å². The number of likely N-dealkylation sites (N-methyl/N-ethyl adjacent to an activating group) is 1. The minimum atomic E-state index is -0.800. The van der Waals surface area contributed by atoms with Crippen LogP contribution in [0, 0.1) is 17.5 Å². The van der Waals surface area contributed by atoms with Gasteiger partial charge in [0, 0.05) is 30.2 Å². The summed E-state index contributed by atoms with van der Waals surface area (Å²) in [7, 11) is 1.40. The molecule has 1 aliphatic rings. The maximum absolute atomic E-state index is 14.6. The van der Waals surface area contributed by atoms with Gasteiger partial charge >= 0.3 is 0 Å². The van der Waals surface area contributed by atoms with Gasteiger partial charge in [0.25, 0.3) is 11.8 Å². The number of halogens is 3. The molecule has 1 heterocycles. The van der Waals surface area contributed by atoms with Gasteiger partial charge < -0.3 is 4.90 Å². The first-order chi connectivity index (χ1) is 15.8. The van der Waals surface area contributed by atoms with Crippen LogP contribution in [-0.4, -0.2) is 41.0 Å². The predicted molar refractivity (Wildman–Crippen MR) is 117 cm³/mol. The second-order valence-corrected chi connectivity index (χ2v) is 7.68. The first-order valence-corrected chi connectivity index (χ1v) is 10.2. The molecule has 0 spiro atoms. The summed E-state index contributed by atoms with van der Waals surface area (Å²) in [6.07, 6.45) is 0.106. The molecule has 0 N–H and O–H groups in total. The van der Waals surface area contributed by atoms with Crippen LogP contribution in [0.3, 0.4) is 0 Å². The van der Waals surface area contributed by atoms with E-state index in [9.17, 15) is 22.8 Å². The minimum Gasteiger partial charge on any atom is -0.332 e. The van der Waals surface area contributed by atoms with Gasteiger partial charge in [0.15, 0.2) is 0 Å². The van der Waals surface area contributed by atoms with Crippen molar-refractivity contribution in [1.29, 1.82) is 0 Å². The van der Waals surface area contributed by atoms with Crippen molar-refractivity contribution in [3.05, 3.63) is 107 Å². The van der Waals surface area contributed by atoms with E-state index in [0.29, 0.717) is 5.71 Å². The highest BCUT2D eigenvalue weighted by molar-refractivity contribution is 6.04. The van der Waals surface area contributed by atoms with Crippen LogP contribution in [0.4, 0.5) is 13.2 Å². The molecule has 1 atom stereocenters. The van der Waals surface area contributed by atoms with E-state index < -0.39 is 35.3 Å². The van der Waals surface area contributed by atoms with Crippen molar-refractivity contribution in [3.8, 4) is 0 Å². The molecule has 0 saturated carbocycles. The Balaban J connectivity index is 1.62. The average molecular weight is 451 g/mol. The lowest BCUT2D eigenvalue weighted by atomic mass is 9.97. The van der Waals surface area contributed by atoms with Crippen LogP contribution in [0.2, 0.25) is 0 Å². The fourth-order valence-electron chi connectivity index (χ4n) is 3.77. The molecule has 33 heavy (non-hydrogen) atoms. The Kier molecular flexibility index (Phi) is 6.26. The summed E-state index contributed by atoms with van der Waals surface area (Å²) in [5.41, 5.74) is 0.847. The monoisotopic (exact) mass is 451 g/mol. The standard InChI is InChI=1S/C25H20F3N3O2/c1-30(25(33)16-7-6-8-17(26)13-16)15-24(32)31-23(19-10-3-5-12-21(19)28)14-22(29-31)18-9-2-4-11-20(18)27/h2-13,23H,14-15H2,1H3/t23-/m0/s1. The van der Waals surface area contributed by atoms with E-state index >= 15 is 0 Å². The molecule has 0 radical (unpaired) electrons. The Morgan fingerprint density at radius 3 is 2.36 bits per heavy atom. The minimum absolute atomic E-state index is 0.0907. The van der Waals surface area contributed by atoms with Crippen molar-refractivity contribution in [2.45, 2.75) is 12.5 Å². The van der Waals surface area contributed by atoms with Gasteiger partial charge in [-0.25, -0.2) is 18.2 Å². The van der Waals surface area contributed by atoms with Gasteiger partial charge in [-0.05, 0) is 30.3 Å². The quantitative estimate of drug-likeness (QED) is 0.571. The summed E-state index contributed by atoms with van der Waals surface area (Å²) in [6.45, 7) is -0.381. The highest BCUT2D eigenvalue weighted by atomic mass is 19.1. The molecule has 0 aromatic heterocycles. The van der Waals surface area contributed by atoms with Crippen molar-refractivity contribution in [2.75, 3.05) is 13.6 Å². The summed E-state index contributed by atoms with van der Waals surface area (Å²) in [5.74, 6) is -2.73. The molecular formula is C25H20F3N3O2. The number of hydrazone groups is 1. The smallest absolute Gasteiger partial charge is 0.262 e. The molecule has 0 bridgehead atoms. The number of carbonyl (C=O) groups excluding carboxylic acids is 2. The Morgan fingerprint density at radius 2 is 1.67 bits per heavy atom. The lowest BCUT2D eigenvalue weighted by Gasteiger charge is -2.25. The van der Waals surface area contributed by atoms with Gasteiger partial charge in [0.1, 0.15) is 24.0 Å². The molecule has 0 saturated heterocycles. The Bertz CT molecular complexity index is 1240. The normalized spacial score (nSPS) is 15.3. The van der Waals surface area contributed by atoms with Gasteiger partial charge in [-0.3, -0.25) is 9.59 Å². The molecule has 5 nitrogen and oxygen atoms in total. The average Bonchev–Trinajstić information content (AvgIpc) is 3.24. The van der Waals surface area contributed by atoms with Gasteiger partial charge in [-0.1, -0.05) is 42.5 Å². The van der Waals surface area contributed by atoms with Crippen LogP contribution in [0.5, 0.6) is 0 Å². The van der Waals surface area contributed by atoms with E-state index in [1.54, 1.807) is 30.3 Å². The number of hydrogen-bond donors (Lipinski definition) is 0. The number of carbonyl (C=O) groups is 2. The topological polar surface area (TPSA) is 53.0 Å². The van der Waals surface area contributed by atoms with Crippen molar-refractivity contribution >= 4 is 17.5 Å². The van der Waals surface area contributed by atoms with Crippen LogP contribution >= 0.6 is 0 Å². The molecule has 168 valence electrons. The maximum Gasteiger partial charge on any atom is 0.262 e. The number of hydrogen-bond acceptors (Lipinski definition) is 3. The molecule has 8 heteroatoms. The third-order valence-electron chi connectivity index (χ3n) is 5.41. The van der Waals surface area contributed by atoms with Crippen LogP contribution in [0.25, 0.3) is 0 Å². The third kappa shape index (κ3) is 4.64. The van der Waals surface area contributed by atoms with E-state index in [1.807, 2.05) is 0 Å². The van der Waals surface area contributed by atoms with Crippen LogP contribution < -0.4 is 0 Å². The first-order valence-electron chi connectivity index (χ1n) is 10.2. The van der Waals surface area contributed by atoms with Gasteiger partial charge in [0.05, 0.1) is 11.8 Å². The van der Waals surface area contributed by atoms with E-state index in [1.165, 1.54) is 43.4 Å². The van der Waals surface area contributed by atoms with Gasteiger partial charge in [-0.2, -0.15) is 5.10 Å². The zero-order valence-electron chi connectivity index (χ0n) is 17.7. The summed E-state index contributed by atoms with van der Waals surface area (Å²) >= 11 is 0. The van der Waals surface area contributed by atoms with Crippen molar-refractivity contribution in [1.82, 2.24) is 9.91 Å². The lowest BCUT2D eigenvalue weighted by Crippen LogP contribution is -2.39. The molecule has 1 aliphatic heterocycles. The second-order valence-electron chi connectivity index (χ2n) is 7.68. The summed E-state index contributed by atoms with van der Waals surface area (Å²) in [6, 6.07) is 16.3. The van der Waals surface area contributed by atoms with Gasteiger partial charge in [0.2, 0.25) is 0 Å². The Morgan fingerprint density at radius 1 is 0.970 bits per heavy atom. The molecule has 4 rings (SSSR count). The summed E-state index contributed by atoms with van der Waals surface area (Å²) in [4.78, 5) is 26.9. The molecule has 0 fully saturated rings. The number of benzene rings is 3. The number of nitrogens with zero attached hydrogens (tertiary/aromatic N) is 3. The van der Waals surface area contributed by atoms with E-state index in [2.05, 4.69) is 5.10 Å². The van der Waals surface area contributed by atoms with Crippen molar-refractivity contribution < 1.29 is 22.8 Å². The summed E-state index contributed by atoms with van der Waals surface area (Å²) in [5, 5.41) is 5.41. The highest BCUT2D eigenvalue weighted by Crippen LogP contribution is 2.34. The fraction of sp³-hybridized carbons (Fsp3) is 0.160. The second kappa shape index (κ2) is 9.28. The van der Waals surface area contributed by atoms with E-state index in [0.717, 1.165) is 16.0 Å². The van der Waals surface area contributed by atoms with Crippen LogP contribution in [0.1, 0.15) is 33.9 Å². The van der Waals surface area contributed by atoms with Crippen molar-refractivity contribution in [3.63, 3.8) is 0 Å². The molecule has 3 aromatic rings. The zero-order chi connectivity index (χ0) is 23.5. The van der Waals surface area contributed by atoms with Crippen LogP contribution in [-0.2, 0) is 4.79 Å². The largest absolute Gasteiger partial charge is 0.332 e. The SMILES string of the molecule is CN(CC(=O)N1N=C(c2ccccc2F)C[C@H]1c1ccccc1F)C(=O)c1cccc(F)c1. The predicted octanol–water partition coefficient (Wildman–Crippen LogP) is 4.55. The molecule has 0 unspecified atom stereocenters. The Hall–Kier alpha value is -3.94. The number of amides is 2. The number of rotatable bonds is 5.